The van der Waals surface area contributed by atoms with Gasteiger partial charge in [-0.15, -0.1) is 0 Å². The first-order valence-electron chi connectivity index (χ1n) is 3.84. The lowest BCUT2D eigenvalue weighted by molar-refractivity contribution is 0.731. The second kappa shape index (κ2) is 3.28. The first-order valence-corrected chi connectivity index (χ1v) is 4.22. The molecule has 0 amide bonds. The van der Waals surface area contributed by atoms with Crippen LogP contribution >= 0.6 is 11.6 Å². The molecule has 0 radical (unpaired) electrons. The van der Waals surface area contributed by atoms with Crippen LogP contribution in [0.5, 0.6) is 0 Å². The van der Waals surface area contributed by atoms with E-state index in [0.717, 1.165) is 10.6 Å². The van der Waals surface area contributed by atoms with Gasteiger partial charge in [0.15, 0.2) is 0 Å². The van der Waals surface area contributed by atoms with E-state index in [1.54, 1.807) is 0 Å². The molecule has 1 rings (SSSR count). The van der Waals surface area contributed by atoms with Crippen LogP contribution in [0.25, 0.3) is 0 Å². The maximum Gasteiger partial charge on any atom is 0.0409 e. The molecule has 0 aliphatic rings. The second-order valence-electron chi connectivity index (χ2n) is 3.38. The van der Waals surface area contributed by atoms with Gasteiger partial charge in [-0.05, 0) is 17.7 Å². The summed E-state index contributed by atoms with van der Waals surface area (Å²) < 4.78 is 0. The van der Waals surface area contributed by atoms with E-state index in [-0.39, 0.29) is 5.41 Å². The summed E-state index contributed by atoms with van der Waals surface area (Å²) in [7, 11) is 0. The summed E-state index contributed by atoms with van der Waals surface area (Å²) in [5.41, 5.74) is 0.857. The molecule has 0 heterocycles. The Morgan fingerprint density at radius 1 is 1.42 bits per heavy atom. The highest BCUT2D eigenvalue weighted by atomic mass is 35.5. The number of rotatable bonds is 2. The van der Waals surface area contributed by atoms with Gasteiger partial charge in [0, 0.05) is 16.7 Å². The summed E-state index contributed by atoms with van der Waals surface area (Å²) in [6, 6.07) is 7.62. The Balaban J connectivity index is 3.11. The van der Waals surface area contributed by atoms with Gasteiger partial charge in [0.25, 0.3) is 0 Å². The number of hydrogen-bond donors (Lipinski definition) is 1. The lowest BCUT2D eigenvalue weighted by Gasteiger charge is -2.18. The lowest BCUT2D eigenvalue weighted by atomic mass is 9.86. The fourth-order valence-corrected chi connectivity index (χ4v) is 1.16. The largest absolute Gasteiger partial charge is 0.312 e. The summed E-state index contributed by atoms with van der Waals surface area (Å²) >= 11 is 5.83. The number of halogens is 1. The number of benzene rings is 1. The monoisotopic (exact) mass is 181 g/mol. The molecule has 0 aliphatic heterocycles. The first-order chi connectivity index (χ1) is 5.56. The van der Waals surface area contributed by atoms with Gasteiger partial charge in [0.2, 0.25) is 0 Å². The molecule has 2 heteroatoms. The predicted octanol–water partition coefficient (Wildman–Crippen LogP) is 3.27. The molecular formula is C10H12ClN. The zero-order valence-electron chi connectivity index (χ0n) is 7.26. The van der Waals surface area contributed by atoms with Crippen LogP contribution in [0.15, 0.2) is 24.3 Å². The fourth-order valence-electron chi connectivity index (χ4n) is 0.973. The molecule has 1 aromatic rings. The second-order valence-corrected chi connectivity index (χ2v) is 3.81. The minimum atomic E-state index is -0.217. The van der Waals surface area contributed by atoms with Gasteiger partial charge in [-0.25, -0.2) is 0 Å². The van der Waals surface area contributed by atoms with Crippen molar-refractivity contribution >= 4 is 17.8 Å². The van der Waals surface area contributed by atoms with Gasteiger partial charge in [0.1, 0.15) is 0 Å². The molecule has 0 atom stereocenters. The zero-order chi connectivity index (χ0) is 9.19. The molecule has 0 aromatic heterocycles. The van der Waals surface area contributed by atoms with E-state index in [4.69, 9.17) is 17.0 Å². The third kappa shape index (κ3) is 1.86. The Kier molecular flexibility index (Phi) is 2.53. The van der Waals surface area contributed by atoms with E-state index in [1.165, 1.54) is 6.21 Å². The Hall–Kier alpha value is -0.820. The predicted molar refractivity (Wildman–Crippen MR) is 53.3 cm³/mol. The maximum atomic E-state index is 7.25. The molecule has 1 nitrogen and oxygen atoms in total. The van der Waals surface area contributed by atoms with E-state index in [2.05, 4.69) is 0 Å². The molecule has 0 saturated carbocycles. The van der Waals surface area contributed by atoms with Crippen molar-refractivity contribution in [3.63, 3.8) is 0 Å². The van der Waals surface area contributed by atoms with Gasteiger partial charge >= 0.3 is 0 Å². The minimum Gasteiger partial charge on any atom is -0.312 e. The molecule has 12 heavy (non-hydrogen) atoms. The van der Waals surface area contributed by atoms with E-state index in [9.17, 15) is 0 Å². The molecule has 0 spiro atoms. The smallest absolute Gasteiger partial charge is 0.0409 e. The fraction of sp³-hybridized carbons (Fsp3) is 0.300. The molecule has 0 saturated heterocycles. The third-order valence-electron chi connectivity index (χ3n) is 1.93. The van der Waals surface area contributed by atoms with Crippen molar-refractivity contribution in [2.75, 3.05) is 0 Å². The third-order valence-corrected chi connectivity index (χ3v) is 2.16. The zero-order valence-corrected chi connectivity index (χ0v) is 8.02. The molecule has 1 aromatic carbocycles. The molecule has 0 aliphatic carbocycles. The summed E-state index contributed by atoms with van der Waals surface area (Å²) in [5, 5.41) is 7.97. The Bertz CT molecular complexity index is 292. The van der Waals surface area contributed by atoms with Gasteiger partial charge in [-0.2, -0.15) is 0 Å². The van der Waals surface area contributed by atoms with Crippen LogP contribution in [0.4, 0.5) is 0 Å². The van der Waals surface area contributed by atoms with Crippen molar-refractivity contribution in [1.29, 1.82) is 5.41 Å². The van der Waals surface area contributed by atoms with Crippen LogP contribution < -0.4 is 0 Å². The van der Waals surface area contributed by atoms with E-state index in [0.29, 0.717) is 0 Å². The number of nitrogens with one attached hydrogen (secondary N) is 1. The summed E-state index contributed by atoms with van der Waals surface area (Å²) in [4.78, 5) is 0. The standard InChI is InChI=1S/C10H12ClN/c1-10(2,7-12)8-4-3-5-9(11)6-8/h3-7,12H,1-2H3. The maximum absolute atomic E-state index is 7.25. The van der Waals surface area contributed by atoms with E-state index in [1.807, 2.05) is 38.1 Å². The highest BCUT2D eigenvalue weighted by molar-refractivity contribution is 6.30. The molecule has 1 N–H and O–H groups in total. The summed E-state index contributed by atoms with van der Waals surface area (Å²) in [6.07, 6.45) is 1.43. The van der Waals surface area contributed by atoms with Crippen LogP contribution in [0.2, 0.25) is 5.02 Å². The lowest BCUT2D eigenvalue weighted by Crippen LogP contribution is -2.17. The van der Waals surface area contributed by atoms with Crippen molar-refractivity contribution in [2.45, 2.75) is 19.3 Å². The van der Waals surface area contributed by atoms with Crippen molar-refractivity contribution < 1.29 is 0 Å². The SMILES string of the molecule is CC(C)(C=N)c1cccc(Cl)c1. The van der Waals surface area contributed by atoms with Crippen molar-refractivity contribution in [3.8, 4) is 0 Å². The van der Waals surface area contributed by atoms with Crippen molar-refractivity contribution in [1.82, 2.24) is 0 Å². The summed E-state index contributed by atoms with van der Waals surface area (Å²) in [6.45, 7) is 3.98. The Morgan fingerprint density at radius 2 is 2.08 bits per heavy atom. The van der Waals surface area contributed by atoms with Crippen LogP contribution in [0.3, 0.4) is 0 Å². The molecule has 64 valence electrons. The highest BCUT2D eigenvalue weighted by Gasteiger charge is 2.16. The van der Waals surface area contributed by atoms with Crippen molar-refractivity contribution in [2.24, 2.45) is 0 Å². The van der Waals surface area contributed by atoms with Crippen LogP contribution in [-0.4, -0.2) is 6.21 Å². The van der Waals surface area contributed by atoms with E-state index >= 15 is 0 Å². The average Bonchev–Trinajstić information content (AvgIpc) is 2.05. The average molecular weight is 182 g/mol. The minimum absolute atomic E-state index is 0.217. The molecule has 0 bridgehead atoms. The van der Waals surface area contributed by atoms with E-state index < -0.39 is 0 Å². The molecule has 0 unspecified atom stereocenters. The van der Waals surface area contributed by atoms with Gasteiger partial charge in [-0.1, -0.05) is 37.6 Å². The number of hydrogen-bond acceptors (Lipinski definition) is 1. The Labute approximate surface area is 77.9 Å². The normalized spacial score (nSPS) is 11.2. The van der Waals surface area contributed by atoms with Gasteiger partial charge in [-0.3, -0.25) is 0 Å². The van der Waals surface area contributed by atoms with Crippen LogP contribution in [0.1, 0.15) is 19.4 Å². The first kappa shape index (κ1) is 9.27. The summed E-state index contributed by atoms with van der Waals surface area (Å²) in [5.74, 6) is 0. The molecule has 0 fully saturated rings. The van der Waals surface area contributed by atoms with Crippen LogP contribution in [0, 0.1) is 5.41 Å². The highest BCUT2D eigenvalue weighted by Crippen LogP contribution is 2.23. The quantitative estimate of drug-likeness (QED) is 0.678. The van der Waals surface area contributed by atoms with Crippen LogP contribution in [-0.2, 0) is 5.41 Å². The van der Waals surface area contributed by atoms with Gasteiger partial charge < -0.3 is 5.41 Å². The Morgan fingerprint density at radius 3 is 2.58 bits per heavy atom. The molecular weight excluding hydrogens is 170 g/mol. The van der Waals surface area contributed by atoms with Crippen molar-refractivity contribution in [3.05, 3.63) is 34.9 Å². The topological polar surface area (TPSA) is 23.9 Å². The van der Waals surface area contributed by atoms with Gasteiger partial charge in [0.05, 0.1) is 0 Å².